The van der Waals surface area contributed by atoms with Gasteiger partial charge in [-0.1, -0.05) is 24.3 Å². The molecule has 7 rings (SSSR count). The molecule has 0 radical (unpaired) electrons. The highest BCUT2D eigenvalue weighted by molar-refractivity contribution is 7.17. The monoisotopic (exact) mass is 523 g/mol. The van der Waals surface area contributed by atoms with Crippen LogP contribution in [0.25, 0.3) is 21.3 Å². The summed E-state index contributed by atoms with van der Waals surface area (Å²) in [6.07, 6.45) is 3.73. The number of carbonyl (C=O) groups is 2. The first-order valence-electron chi connectivity index (χ1n) is 13.4. The van der Waals surface area contributed by atoms with Crippen molar-refractivity contribution < 1.29 is 14.3 Å². The Labute approximate surface area is 225 Å². The molecule has 0 bridgehead atoms. The highest BCUT2D eigenvalue weighted by Crippen LogP contribution is 2.43. The predicted octanol–water partition coefficient (Wildman–Crippen LogP) is 5.99. The van der Waals surface area contributed by atoms with Crippen molar-refractivity contribution in [3.8, 4) is 10.4 Å². The van der Waals surface area contributed by atoms with Gasteiger partial charge in [-0.2, -0.15) is 0 Å². The summed E-state index contributed by atoms with van der Waals surface area (Å²) in [6.45, 7) is 3.61. The molecule has 2 fully saturated rings. The number of benzene rings is 2. The highest BCUT2D eigenvalue weighted by atomic mass is 32.1. The van der Waals surface area contributed by atoms with Crippen LogP contribution in [0.1, 0.15) is 44.9 Å². The molecule has 0 spiro atoms. The van der Waals surface area contributed by atoms with E-state index in [1.165, 1.54) is 12.8 Å². The number of thiophene rings is 1. The molecule has 4 heterocycles. The summed E-state index contributed by atoms with van der Waals surface area (Å²) < 4.78 is 5.48. The molecule has 1 saturated heterocycles. The Morgan fingerprint density at radius 2 is 1.79 bits per heavy atom. The summed E-state index contributed by atoms with van der Waals surface area (Å²) in [5.41, 5.74) is 4.53. The summed E-state index contributed by atoms with van der Waals surface area (Å²) >= 11 is 1.58. The van der Waals surface area contributed by atoms with Gasteiger partial charge in [-0.05, 0) is 67.1 Å². The number of ether oxygens (including phenoxy) is 1. The van der Waals surface area contributed by atoms with Crippen LogP contribution in [0.15, 0.2) is 60.7 Å². The van der Waals surface area contributed by atoms with Crippen LogP contribution < -0.4 is 9.80 Å². The number of carbonyl (C=O) groups excluding carboxylic acids is 2. The van der Waals surface area contributed by atoms with Crippen LogP contribution >= 0.6 is 11.3 Å². The van der Waals surface area contributed by atoms with E-state index in [1.807, 2.05) is 47.4 Å². The van der Waals surface area contributed by atoms with E-state index in [-0.39, 0.29) is 11.7 Å². The molecule has 1 amide bonds. The average Bonchev–Trinajstić information content (AvgIpc) is 3.71. The van der Waals surface area contributed by atoms with Crippen molar-refractivity contribution in [2.45, 2.75) is 25.7 Å². The number of morpholine rings is 1. The van der Waals surface area contributed by atoms with Gasteiger partial charge < -0.3 is 14.5 Å². The molecule has 6 nitrogen and oxygen atoms in total. The molecule has 3 aliphatic rings. The molecular weight excluding hydrogens is 494 g/mol. The smallest absolute Gasteiger partial charge is 0.258 e. The Morgan fingerprint density at radius 3 is 2.63 bits per heavy atom. The number of pyridine rings is 1. The fraction of sp³-hybridized carbons (Fsp3) is 0.323. The first kappa shape index (κ1) is 23.6. The van der Waals surface area contributed by atoms with Crippen molar-refractivity contribution >= 4 is 45.4 Å². The fourth-order valence-electron chi connectivity index (χ4n) is 5.49. The second-order valence-corrected chi connectivity index (χ2v) is 11.5. The normalized spacial score (nSPS) is 17.2. The van der Waals surface area contributed by atoms with Crippen molar-refractivity contribution in [1.82, 2.24) is 4.98 Å². The van der Waals surface area contributed by atoms with E-state index in [0.717, 1.165) is 62.8 Å². The largest absolute Gasteiger partial charge is 0.378 e. The third kappa shape index (κ3) is 4.40. The van der Waals surface area contributed by atoms with E-state index < -0.39 is 0 Å². The molecule has 7 heteroatoms. The van der Waals surface area contributed by atoms with Crippen LogP contribution in [0.5, 0.6) is 0 Å². The molecule has 0 unspecified atom stereocenters. The molecule has 4 aromatic rings. The number of Topliss-reactive ketones (excluding diaryl/α,β-unsaturated/α-hetero) is 1. The molecule has 2 aromatic carbocycles. The zero-order valence-corrected chi connectivity index (χ0v) is 22.0. The van der Waals surface area contributed by atoms with Gasteiger partial charge in [0.1, 0.15) is 5.82 Å². The zero-order valence-electron chi connectivity index (χ0n) is 21.2. The maximum Gasteiger partial charge on any atom is 0.258 e. The Bertz CT molecular complexity index is 1550. The predicted molar refractivity (Wildman–Crippen MR) is 152 cm³/mol. The van der Waals surface area contributed by atoms with Crippen molar-refractivity contribution in [3.63, 3.8) is 0 Å². The summed E-state index contributed by atoms with van der Waals surface area (Å²) in [6, 6.07) is 20.1. The van der Waals surface area contributed by atoms with Gasteiger partial charge in [0.2, 0.25) is 0 Å². The maximum absolute atomic E-state index is 13.9. The van der Waals surface area contributed by atoms with E-state index in [4.69, 9.17) is 9.72 Å². The number of ketones is 1. The van der Waals surface area contributed by atoms with Crippen molar-refractivity contribution in [1.29, 1.82) is 0 Å². The minimum atomic E-state index is -0.0295. The Morgan fingerprint density at radius 1 is 0.974 bits per heavy atom. The van der Waals surface area contributed by atoms with E-state index in [9.17, 15) is 9.59 Å². The lowest BCUT2D eigenvalue weighted by atomic mass is 10.1. The van der Waals surface area contributed by atoms with Crippen LogP contribution in [0.2, 0.25) is 0 Å². The summed E-state index contributed by atoms with van der Waals surface area (Å²) in [5, 5.41) is 1.01. The van der Waals surface area contributed by atoms with Gasteiger partial charge in [0, 0.05) is 47.4 Å². The van der Waals surface area contributed by atoms with Crippen molar-refractivity contribution in [3.05, 3.63) is 76.7 Å². The number of amides is 1. The number of hydrogen-bond donors (Lipinski definition) is 0. The second-order valence-electron chi connectivity index (χ2n) is 10.4. The van der Waals surface area contributed by atoms with Gasteiger partial charge in [0.25, 0.3) is 5.91 Å². The second kappa shape index (κ2) is 9.64. The van der Waals surface area contributed by atoms with Crippen molar-refractivity contribution in [2.24, 2.45) is 5.92 Å². The Kier molecular flexibility index (Phi) is 5.98. The summed E-state index contributed by atoms with van der Waals surface area (Å²) in [4.78, 5) is 37.8. The van der Waals surface area contributed by atoms with Crippen LogP contribution in [0, 0.1) is 5.92 Å². The first-order chi connectivity index (χ1) is 18.6. The number of nitrogens with zero attached hydrogens (tertiary/aromatic N) is 3. The molecule has 38 heavy (non-hydrogen) atoms. The third-order valence-corrected chi connectivity index (χ3v) is 9.06. The lowest BCUT2D eigenvalue weighted by molar-refractivity contribution is 0.0974. The average molecular weight is 524 g/mol. The van der Waals surface area contributed by atoms with Gasteiger partial charge in [-0.3, -0.25) is 9.59 Å². The van der Waals surface area contributed by atoms with Gasteiger partial charge >= 0.3 is 0 Å². The van der Waals surface area contributed by atoms with E-state index in [1.54, 1.807) is 11.3 Å². The number of rotatable bonds is 5. The molecule has 1 aliphatic carbocycles. The maximum atomic E-state index is 13.9. The number of hydrogen-bond acceptors (Lipinski definition) is 6. The Hall–Kier alpha value is -3.55. The fourth-order valence-corrected chi connectivity index (χ4v) is 6.69. The van der Waals surface area contributed by atoms with E-state index in [0.29, 0.717) is 37.7 Å². The Balaban J connectivity index is 1.20. The molecule has 0 atom stereocenters. The van der Waals surface area contributed by atoms with E-state index in [2.05, 4.69) is 23.1 Å². The molecule has 1 saturated carbocycles. The minimum Gasteiger partial charge on any atom is -0.378 e. The molecule has 0 N–H and O–H groups in total. The topological polar surface area (TPSA) is 62.7 Å². The van der Waals surface area contributed by atoms with Crippen LogP contribution in [0.3, 0.4) is 0 Å². The molecule has 2 aliphatic heterocycles. The van der Waals surface area contributed by atoms with Crippen LogP contribution in [-0.4, -0.2) is 49.5 Å². The number of anilines is 2. The number of aromatic nitrogens is 1. The summed E-state index contributed by atoms with van der Waals surface area (Å²) in [5.74, 6) is 1.72. The number of para-hydroxylation sites is 1. The van der Waals surface area contributed by atoms with E-state index >= 15 is 0 Å². The summed E-state index contributed by atoms with van der Waals surface area (Å²) in [7, 11) is 0. The van der Waals surface area contributed by atoms with Gasteiger partial charge in [0.05, 0.1) is 29.3 Å². The van der Waals surface area contributed by atoms with Crippen LogP contribution in [0.4, 0.5) is 11.5 Å². The van der Waals surface area contributed by atoms with Gasteiger partial charge in [0.15, 0.2) is 5.78 Å². The van der Waals surface area contributed by atoms with Crippen molar-refractivity contribution in [2.75, 3.05) is 42.6 Å². The standard InChI is InChI=1S/C31H29N3O3S/c35-27(17-20-5-6-20)28-19-22-11-12-34(26-4-2-1-3-24(26)30(22)38-28)31(36)23-8-7-21-9-10-29(32-25(21)18-23)33-13-15-37-16-14-33/h1-4,7-10,18-20H,5-6,11-17H2. The third-order valence-electron chi connectivity index (χ3n) is 7.80. The first-order valence-corrected chi connectivity index (χ1v) is 14.3. The van der Waals surface area contributed by atoms with Gasteiger partial charge in [-0.15, -0.1) is 11.3 Å². The number of fused-ring (bicyclic) bond motifs is 4. The van der Waals surface area contributed by atoms with Gasteiger partial charge in [-0.25, -0.2) is 4.98 Å². The quantitative estimate of drug-likeness (QED) is 0.301. The highest BCUT2D eigenvalue weighted by Gasteiger charge is 2.30. The minimum absolute atomic E-state index is 0.0295. The zero-order chi connectivity index (χ0) is 25.6. The SMILES string of the molecule is O=C(CC1CC1)c1cc2c(s1)-c1ccccc1N(C(=O)c1ccc3ccc(N4CCOCC4)nc3c1)CC2. The van der Waals surface area contributed by atoms with Crippen LogP contribution in [-0.2, 0) is 11.2 Å². The molecule has 2 aromatic heterocycles. The molecule has 192 valence electrons. The molecular formula is C31H29N3O3S. The lowest BCUT2D eigenvalue weighted by Gasteiger charge is -2.28. The lowest BCUT2D eigenvalue weighted by Crippen LogP contribution is -2.36.